The summed E-state index contributed by atoms with van der Waals surface area (Å²) in [5.74, 6) is 1.62. The first-order valence-corrected chi connectivity index (χ1v) is 8.90. The lowest BCUT2D eigenvalue weighted by molar-refractivity contribution is -0.386. The molecule has 3 aliphatic carbocycles. The van der Waals surface area contributed by atoms with Crippen LogP contribution in [-0.4, -0.2) is 15.8 Å². The van der Waals surface area contributed by atoms with Gasteiger partial charge >= 0.3 is 0 Å². The highest BCUT2D eigenvalue weighted by Gasteiger charge is 2.55. The largest absolute Gasteiger partial charge is 0.391 e. The molecule has 0 aromatic heterocycles. The Morgan fingerprint density at radius 3 is 2.79 bits per heavy atom. The fraction of sp³-hybridized carbons (Fsp3) is 0.632. The molecule has 5 nitrogen and oxygen atoms in total. The van der Waals surface area contributed by atoms with Crippen molar-refractivity contribution in [3.8, 4) is 0 Å². The van der Waals surface area contributed by atoms with Crippen LogP contribution in [-0.2, 0) is 17.8 Å². The van der Waals surface area contributed by atoms with Crippen molar-refractivity contribution in [3.63, 3.8) is 0 Å². The van der Waals surface area contributed by atoms with E-state index in [1.807, 2.05) is 6.07 Å². The maximum absolute atomic E-state index is 12.4. The van der Waals surface area contributed by atoms with Crippen LogP contribution in [0.15, 0.2) is 12.1 Å². The molecule has 4 atom stereocenters. The van der Waals surface area contributed by atoms with Gasteiger partial charge in [-0.1, -0.05) is 13.0 Å². The number of hydrogen-bond acceptors (Lipinski definition) is 4. The zero-order valence-corrected chi connectivity index (χ0v) is 14.0. The van der Waals surface area contributed by atoms with E-state index in [1.54, 1.807) is 6.07 Å². The third kappa shape index (κ3) is 2.00. The average molecular weight is 329 g/mol. The number of carbonyl (C=O) groups is 1. The van der Waals surface area contributed by atoms with Gasteiger partial charge in [0.1, 0.15) is 5.78 Å². The van der Waals surface area contributed by atoms with Crippen LogP contribution in [0.3, 0.4) is 0 Å². The van der Waals surface area contributed by atoms with Gasteiger partial charge in [-0.2, -0.15) is 0 Å². The number of aliphatic hydroxyl groups excluding tert-OH is 1. The van der Waals surface area contributed by atoms with Crippen LogP contribution in [0.4, 0.5) is 5.69 Å². The van der Waals surface area contributed by atoms with E-state index in [0.29, 0.717) is 41.9 Å². The van der Waals surface area contributed by atoms with Crippen molar-refractivity contribution in [2.75, 3.05) is 0 Å². The number of fused-ring (bicyclic) bond motifs is 5. The molecular formula is C19H23NO4. The summed E-state index contributed by atoms with van der Waals surface area (Å²) in [6, 6.07) is 3.71. The van der Waals surface area contributed by atoms with Gasteiger partial charge in [0, 0.05) is 17.4 Å². The number of benzene rings is 1. The second kappa shape index (κ2) is 5.38. The van der Waals surface area contributed by atoms with Crippen molar-refractivity contribution >= 4 is 11.5 Å². The van der Waals surface area contributed by atoms with Gasteiger partial charge in [0.25, 0.3) is 5.69 Å². The van der Waals surface area contributed by atoms with Gasteiger partial charge in [-0.15, -0.1) is 0 Å². The minimum Gasteiger partial charge on any atom is -0.391 e. The molecule has 24 heavy (non-hydrogen) atoms. The van der Waals surface area contributed by atoms with E-state index in [2.05, 4.69) is 6.92 Å². The molecule has 0 amide bonds. The minimum absolute atomic E-state index is 0.115. The minimum atomic E-state index is -0.337. The van der Waals surface area contributed by atoms with Crippen LogP contribution in [0.2, 0.25) is 0 Å². The fourth-order valence-electron chi connectivity index (χ4n) is 5.82. The van der Waals surface area contributed by atoms with Gasteiger partial charge in [0.05, 0.1) is 17.1 Å². The van der Waals surface area contributed by atoms with Crippen LogP contribution >= 0.6 is 0 Å². The van der Waals surface area contributed by atoms with Crippen LogP contribution in [0.1, 0.15) is 61.6 Å². The number of ketones is 1. The highest BCUT2D eigenvalue weighted by molar-refractivity contribution is 5.87. The Hall–Kier alpha value is -1.75. The highest BCUT2D eigenvalue weighted by Crippen LogP contribution is 2.60. The molecule has 2 fully saturated rings. The Bertz CT molecular complexity index is 728. The second-order valence-electron chi connectivity index (χ2n) is 7.89. The van der Waals surface area contributed by atoms with E-state index in [4.69, 9.17) is 0 Å². The lowest BCUT2D eigenvalue weighted by Gasteiger charge is -2.48. The Labute approximate surface area is 141 Å². The molecule has 0 saturated heterocycles. The van der Waals surface area contributed by atoms with Crippen molar-refractivity contribution in [2.45, 2.75) is 58.0 Å². The lowest BCUT2D eigenvalue weighted by Crippen LogP contribution is -2.42. The first kappa shape index (κ1) is 15.8. The molecule has 128 valence electrons. The molecule has 4 unspecified atom stereocenters. The first-order chi connectivity index (χ1) is 11.5. The number of Topliss-reactive ketones (excluding diaryl/α,β-unsaturated/α-hetero) is 1. The van der Waals surface area contributed by atoms with Gasteiger partial charge < -0.3 is 5.11 Å². The number of rotatable bonds is 2. The van der Waals surface area contributed by atoms with Crippen LogP contribution in [0, 0.1) is 27.4 Å². The zero-order valence-electron chi connectivity index (χ0n) is 14.0. The summed E-state index contributed by atoms with van der Waals surface area (Å²) >= 11 is 0. The molecule has 0 radical (unpaired) electrons. The van der Waals surface area contributed by atoms with Gasteiger partial charge in [-0.25, -0.2) is 0 Å². The third-order valence-electron chi connectivity index (χ3n) is 7.03. The quantitative estimate of drug-likeness (QED) is 0.665. The summed E-state index contributed by atoms with van der Waals surface area (Å²) in [7, 11) is 0. The van der Waals surface area contributed by atoms with Crippen LogP contribution in [0.5, 0.6) is 0 Å². The molecule has 4 rings (SSSR count). The van der Waals surface area contributed by atoms with Gasteiger partial charge in [-0.3, -0.25) is 14.9 Å². The molecule has 0 aliphatic heterocycles. The van der Waals surface area contributed by atoms with Crippen molar-refractivity contribution < 1.29 is 14.8 Å². The zero-order chi connectivity index (χ0) is 17.1. The van der Waals surface area contributed by atoms with E-state index in [-0.39, 0.29) is 22.6 Å². The molecule has 1 N–H and O–H groups in total. The highest BCUT2D eigenvalue weighted by atomic mass is 16.6. The molecule has 1 aromatic rings. The summed E-state index contributed by atoms with van der Waals surface area (Å²) in [6.07, 6.45) is 5.10. The van der Waals surface area contributed by atoms with E-state index in [9.17, 15) is 20.0 Å². The van der Waals surface area contributed by atoms with E-state index >= 15 is 0 Å². The summed E-state index contributed by atoms with van der Waals surface area (Å²) < 4.78 is 0. The standard InChI is InChI=1S/C19H23NO4/c1-19-9-8-13-12-3-2-11(10-21)18(20(23)24)15(12)5-4-14(13)16(19)6-7-17(19)22/h2-3,13-14,16,21H,4-10H2,1H3. The average Bonchev–Trinajstić information content (AvgIpc) is 2.88. The van der Waals surface area contributed by atoms with Gasteiger partial charge in [-0.05, 0) is 61.5 Å². The Balaban J connectivity index is 1.77. The number of carbonyl (C=O) groups excluding carboxylic acids is 1. The summed E-state index contributed by atoms with van der Waals surface area (Å²) in [5, 5.41) is 21.0. The number of nitrogens with zero attached hydrogens (tertiary/aromatic N) is 1. The molecule has 2 saturated carbocycles. The Morgan fingerprint density at radius 1 is 1.29 bits per heavy atom. The van der Waals surface area contributed by atoms with Crippen molar-refractivity contribution in [1.82, 2.24) is 0 Å². The van der Waals surface area contributed by atoms with Crippen LogP contribution < -0.4 is 0 Å². The van der Waals surface area contributed by atoms with E-state index < -0.39 is 0 Å². The maximum Gasteiger partial charge on any atom is 0.278 e. The number of aliphatic hydroxyl groups is 1. The van der Waals surface area contributed by atoms with Crippen LogP contribution in [0.25, 0.3) is 0 Å². The molecular weight excluding hydrogens is 306 g/mol. The first-order valence-electron chi connectivity index (χ1n) is 8.90. The molecule has 0 spiro atoms. The second-order valence-corrected chi connectivity index (χ2v) is 7.89. The molecule has 0 heterocycles. The monoisotopic (exact) mass is 329 g/mol. The van der Waals surface area contributed by atoms with Crippen molar-refractivity contribution in [3.05, 3.63) is 38.9 Å². The van der Waals surface area contributed by atoms with Gasteiger partial charge in [0.15, 0.2) is 0 Å². The smallest absolute Gasteiger partial charge is 0.278 e. The number of nitro benzene ring substituents is 1. The molecule has 3 aliphatic rings. The van der Waals surface area contributed by atoms with Gasteiger partial charge in [0.2, 0.25) is 0 Å². The topological polar surface area (TPSA) is 80.4 Å². The van der Waals surface area contributed by atoms with E-state index in [0.717, 1.165) is 36.8 Å². The molecule has 1 aromatic carbocycles. The number of hydrogen-bond donors (Lipinski definition) is 1. The maximum atomic E-state index is 12.4. The summed E-state index contributed by atoms with van der Waals surface area (Å²) in [6.45, 7) is 1.84. The van der Waals surface area contributed by atoms with E-state index in [1.165, 1.54) is 0 Å². The fourth-order valence-corrected chi connectivity index (χ4v) is 5.82. The summed E-state index contributed by atoms with van der Waals surface area (Å²) in [5.41, 5.74) is 2.27. The number of nitro groups is 1. The Morgan fingerprint density at radius 2 is 2.08 bits per heavy atom. The molecule has 0 bridgehead atoms. The van der Waals surface area contributed by atoms with Crippen molar-refractivity contribution in [1.29, 1.82) is 0 Å². The predicted octanol–water partition coefficient (Wildman–Crippen LogP) is 3.51. The SMILES string of the molecule is CC12CCC3c4ccc(CO)c([N+](=O)[O-])c4CCC3C1CCC2=O. The Kier molecular flexibility index (Phi) is 3.53. The lowest BCUT2D eigenvalue weighted by atomic mass is 9.55. The summed E-state index contributed by atoms with van der Waals surface area (Å²) in [4.78, 5) is 23.6. The van der Waals surface area contributed by atoms with Crippen molar-refractivity contribution in [2.24, 2.45) is 17.3 Å². The third-order valence-corrected chi connectivity index (χ3v) is 7.03. The normalized spacial score (nSPS) is 34.4. The predicted molar refractivity (Wildman–Crippen MR) is 88.6 cm³/mol. The molecule has 5 heteroatoms.